The molecule has 0 rings (SSSR count). The molecule has 0 spiro atoms. The second kappa shape index (κ2) is 7.86. The molecule has 0 aliphatic rings. The first-order valence-electron chi connectivity index (χ1n) is 3.96. The molecule has 0 atom stereocenters. The zero-order valence-electron chi connectivity index (χ0n) is 7.59. The van der Waals surface area contributed by atoms with E-state index in [1.807, 2.05) is 14.0 Å². The number of rotatable bonds is 4. The molecule has 0 aromatic heterocycles. The standard InChI is InChI=1S/C8H17NO.ClH/c1-4-6-7-8(10)9(3)5-2;/h4-7H2,1-3H3;1H. The molecule has 2 nitrogen and oxygen atoms in total. The lowest BCUT2D eigenvalue weighted by molar-refractivity contribution is -0.129. The first kappa shape index (κ1) is 13.4. The summed E-state index contributed by atoms with van der Waals surface area (Å²) in [6.07, 6.45) is 2.83. The number of amides is 1. The van der Waals surface area contributed by atoms with Gasteiger partial charge in [-0.05, 0) is 13.3 Å². The van der Waals surface area contributed by atoms with Crippen LogP contribution >= 0.6 is 12.4 Å². The van der Waals surface area contributed by atoms with E-state index in [4.69, 9.17) is 0 Å². The second-order valence-electron chi connectivity index (χ2n) is 2.51. The molecular formula is C8H18ClNO. The van der Waals surface area contributed by atoms with Gasteiger partial charge in [-0.1, -0.05) is 13.3 Å². The Kier molecular flexibility index (Phi) is 9.55. The maximum Gasteiger partial charge on any atom is 0.222 e. The van der Waals surface area contributed by atoms with Crippen LogP contribution in [0.2, 0.25) is 0 Å². The van der Waals surface area contributed by atoms with Crippen molar-refractivity contribution in [3.8, 4) is 0 Å². The van der Waals surface area contributed by atoms with E-state index in [0.29, 0.717) is 6.42 Å². The topological polar surface area (TPSA) is 20.3 Å². The normalized spacial score (nSPS) is 8.64. The Morgan fingerprint density at radius 3 is 2.27 bits per heavy atom. The molecule has 0 unspecified atom stereocenters. The van der Waals surface area contributed by atoms with Crippen molar-refractivity contribution in [3.05, 3.63) is 0 Å². The number of nitrogens with zero attached hydrogens (tertiary/aromatic N) is 1. The number of unbranched alkanes of at least 4 members (excludes halogenated alkanes) is 1. The lowest BCUT2D eigenvalue weighted by Crippen LogP contribution is -2.25. The molecular weight excluding hydrogens is 162 g/mol. The van der Waals surface area contributed by atoms with Crippen LogP contribution in [0.1, 0.15) is 33.1 Å². The zero-order chi connectivity index (χ0) is 7.98. The Bertz CT molecular complexity index is 106. The highest BCUT2D eigenvalue weighted by molar-refractivity contribution is 5.85. The van der Waals surface area contributed by atoms with E-state index in [1.165, 1.54) is 0 Å². The van der Waals surface area contributed by atoms with Crippen LogP contribution in [0.25, 0.3) is 0 Å². The van der Waals surface area contributed by atoms with E-state index in [1.54, 1.807) is 4.90 Å². The number of halogens is 1. The quantitative estimate of drug-likeness (QED) is 0.647. The minimum absolute atomic E-state index is 0. The molecule has 0 aliphatic heterocycles. The molecule has 1 amide bonds. The molecule has 0 radical (unpaired) electrons. The highest BCUT2D eigenvalue weighted by Gasteiger charge is 2.03. The molecule has 0 heterocycles. The van der Waals surface area contributed by atoms with Crippen molar-refractivity contribution >= 4 is 18.3 Å². The maximum absolute atomic E-state index is 11.1. The van der Waals surface area contributed by atoms with Crippen molar-refractivity contribution in [2.45, 2.75) is 33.1 Å². The average Bonchev–Trinajstić information content (AvgIpc) is 1.98. The van der Waals surface area contributed by atoms with Gasteiger partial charge in [0.2, 0.25) is 5.91 Å². The van der Waals surface area contributed by atoms with Gasteiger partial charge in [-0.3, -0.25) is 4.79 Å². The van der Waals surface area contributed by atoms with Gasteiger partial charge < -0.3 is 4.90 Å². The van der Waals surface area contributed by atoms with Crippen molar-refractivity contribution < 1.29 is 4.79 Å². The SMILES string of the molecule is CCCCC(=O)N(C)CC.Cl. The Balaban J connectivity index is 0. The summed E-state index contributed by atoms with van der Waals surface area (Å²) < 4.78 is 0. The monoisotopic (exact) mass is 179 g/mol. The van der Waals surface area contributed by atoms with E-state index in [2.05, 4.69) is 6.92 Å². The van der Waals surface area contributed by atoms with Crippen molar-refractivity contribution in [2.24, 2.45) is 0 Å². The van der Waals surface area contributed by atoms with Gasteiger partial charge in [0.15, 0.2) is 0 Å². The Labute approximate surface area is 75.4 Å². The second-order valence-corrected chi connectivity index (χ2v) is 2.51. The Morgan fingerprint density at radius 2 is 1.91 bits per heavy atom. The van der Waals surface area contributed by atoms with Gasteiger partial charge in [0.25, 0.3) is 0 Å². The van der Waals surface area contributed by atoms with Gasteiger partial charge in [0, 0.05) is 20.0 Å². The van der Waals surface area contributed by atoms with Crippen LogP contribution in [-0.4, -0.2) is 24.4 Å². The number of hydrogen-bond acceptors (Lipinski definition) is 1. The largest absolute Gasteiger partial charge is 0.346 e. The first-order chi connectivity index (χ1) is 4.72. The summed E-state index contributed by atoms with van der Waals surface area (Å²) >= 11 is 0. The minimum atomic E-state index is 0. The summed E-state index contributed by atoms with van der Waals surface area (Å²) in [5.74, 6) is 0.268. The molecule has 0 saturated heterocycles. The van der Waals surface area contributed by atoms with Crippen molar-refractivity contribution in [1.29, 1.82) is 0 Å². The summed E-state index contributed by atoms with van der Waals surface area (Å²) in [6.45, 7) is 4.91. The molecule has 0 fully saturated rings. The highest BCUT2D eigenvalue weighted by Crippen LogP contribution is 1.97. The fraction of sp³-hybridized carbons (Fsp3) is 0.875. The lowest BCUT2D eigenvalue weighted by atomic mass is 10.2. The van der Waals surface area contributed by atoms with Crippen LogP contribution < -0.4 is 0 Å². The van der Waals surface area contributed by atoms with Crippen molar-refractivity contribution in [2.75, 3.05) is 13.6 Å². The molecule has 68 valence electrons. The van der Waals surface area contributed by atoms with Gasteiger partial charge in [-0.2, -0.15) is 0 Å². The highest BCUT2D eigenvalue weighted by atomic mass is 35.5. The average molecular weight is 180 g/mol. The van der Waals surface area contributed by atoms with E-state index in [-0.39, 0.29) is 18.3 Å². The van der Waals surface area contributed by atoms with Gasteiger partial charge in [0.1, 0.15) is 0 Å². The van der Waals surface area contributed by atoms with E-state index < -0.39 is 0 Å². The van der Waals surface area contributed by atoms with Crippen LogP contribution in [0, 0.1) is 0 Å². The summed E-state index contributed by atoms with van der Waals surface area (Å²) in [4.78, 5) is 12.8. The van der Waals surface area contributed by atoms with Gasteiger partial charge in [-0.25, -0.2) is 0 Å². The molecule has 0 saturated carbocycles. The fourth-order valence-electron chi connectivity index (χ4n) is 0.695. The summed E-state index contributed by atoms with van der Waals surface area (Å²) in [5, 5.41) is 0. The number of carbonyl (C=O) groups is 1. The van der Waals surface area contributed by atoms with E-state index in [9.17, 15) is 4.79 Å². The van der Waals surface area contributed by atoms with Crippen LogP contribution in [-0.2, 0) is 4.79 Å². The van der Waals surface area contributed by atoms with Crippen LogP contribution in [0.15, 0.2) is 0 Å². The summed E-state index contributed by atoms with van der Waals surface area (Å²) in [7, 11) is 1.85. The summed E-state index contributed by atoms with van der Waals surface area (Å²) in [5.41, 5.74) is 0. The third kappa shape index (κ3) is 6.17. The summed E-state index contributed by atoms with van der Waals surface area (Å²) in [6, 6.07) is 0. The lowest BCUT2D eigenvalue weighted by Gasteiger charge is -2.13. The van der Waals surface area contributed by atoms with Crippen LogP contribution in [0.4, 0.5) is 0 Å². The Hall–Kier alpha value is -0.240. The first-order valence-corrected chi connectivity index (χ1v) is 3.96. The molecule has 0 bridgehead atoms. The Morgan fingerprint density at radius 1 is 1.36 bits per heavy atom. The zero-order valence-corrected chi connectivity index (χ0v) is 8.41. The molecule has 0 aromatic carbocycles. The predicted octanol–water partition coefficient (Wildman–Crippen LogP) is 2.08. The van der Waals surface area contributed by atoms with Crippen molar-refractivity contribution in [3.63, 3.8) is 0 Å². The number of hydrogen-bond donors (Lipinski definition) is 0. The minimum Gasteiger partial charge on any atom is -0.346 e. The number of carbonyl (C=O) groups excluding carboxylic acids is 1. The van der Waals surface area contributed by atoms with Crippen LogP contribution in [0.5, 0.6) is 0 Å². The predicted molar refractivity (Wildman–Crippen MR) is 50.1 cm³/mol. The molecule has 11 heavy (non-hydrogen) atoms. The molecule has 0 aliphatic carbocycles. The third-order valence-corrected chi connectivity index (χ3v) is 1.64. The smallest absolute Gasteiger partial charge is 0.222 e. The maximum atomic E-state index is 11.1. The molecule has 3 heteroatoms. The molecule has 0 aromatic rings. The van der Waals surface area contributed by atoms with E-state index in [0.717, 1.165) is 19.4 Å². The van der Waals surface area contributed by atoms with Crippen molar-refractivity contribution in [1.82, 2.24) is 4.90 Å². The van der Waals surface area contributed by atoms with Gasteiger partial charge in [0.05, 0.1) is 0 Å². The van der Waals surface area contributed by atoms with Gasteiger partial charge in [-0.15, -0.1) is 12.4 Å². The van der Waals surface area contributed by atoms with Crippen LogP contribution in [0.3, 0.4) is 0 Å². The molecule has 0 N–H and O–H groups in total. The van der Waals surface area contributed by atoms with Gasteiger partial charge >= 0.3 is 0 Å². The van der Waals surface area contributed by atoms with E-state index >= 15 is 0 Å². The fourth-order valence-corrected chi connectivity index (χ4v) is 0.695. The third-order valence-electron chi connectivity index (χ3n) is 1.64.